The molecule has 8 nitrogen and oxygen atoms in total. The molecule has 1 saturated heterocycles. The summed E-state index contributed by atoms with van der Waals surface area (Å²) in [5.74, 6) is 0.161. The van der Waals surface area contributed by atoms with Crippen LogP contribution in [0.5, 0.6) is 0 Å². The summed E-state index contributed by atoms with van der Waals surface area (Å²) in [6, 6.07) is 7.93. The Kier molecular flexibility index (Phi) is 5.59. The van der Waals surface area contributed by atoms with E-state index in [1.807, 2.05) is 24.3 Å². The summed E-state index contributed by atoms with van der Waals surface area (Å²) in [5, 5.41) is 23.0. The molecule has 1 aromatic carbocycles. The van der Waals surface area contributed by atoms with Crippen LogP contribution < -0.4 is 0 Å². The van der Waals surface area contributed by atoms with Gasteiger partial charge in [-0.25, -0.2) is 0 Å². The lowest BCUT2D eigenvalue weighted by molar-refractivity contribution is -0.168. The topological polar surface area (TPSA) is 117 Å². The molecule has 2 bridgehead atoms. The molecule has 2 atom stereocenters. The molecule has 180 valence electrons. The molecule has 0 spiro atoms. The van der Waals surface area contributed by atoms with Crippen LogP contribution in [0.4, 0.5) is 0 Å². The fourth-order valence-electron chi connectivity index (χ4n) is 5.92. The maximum absolute atomic E-state index is 11.5. The number of carbonyl (C=O) groups is 2. The van der Waals surface area contributed by atoms with Gasteiger partial charge < -0.3 is 14.7 Å². The first-order valence-electron chi connectivity index (χ1n) is 12.0. The summed E-state index contributed by atoms with van der Waals surface area (Å²) in [6.45, 7) is 6.22. The van der Waals surface area contributed by atoms with Gasteiger partial charge in [-0.3, -0.25) is 14.5 Å². The molecule has 2 fully saturated rings. The van der Waals surface area contributed by atoms with Crippen LogP contribution in [-0.2, 0) is 22.6 Å². The maximum Gasteiger partial charge on any atom is 0.321 e. The maximum atomic E-state index is 11.5. The van der Waals surface area contributed by atoms with E-state index in [0.29, 0.717) is 42.7 Å². The largest absolute Gasteiger partial charge is 0.480 e. The van der Waals surface area contributed by atoms with Crippen molar-refractivity contribution in [3.8, 4) is 11.4 Å². The van der Waals surface area contributed by atoms with E-state index in [2.05, 4.69) is 35.0 Å². The van der Waals surface area contributed by atoms with Crippen molar-refractivity contribution in [3.05, 3.63) is 47.4 Å². The van der Waals surface area contributed by atoms with Crippen LogP contribution in [-0.4, -0.2) is 50.3 Å². The van der Waals surface area contributed by atoms with Crippen LogP contribution in [0.2, 0.25) is 0 Å². The molecule has 2 aromatic rings. The first-order valence-corrected chi connectivity index (χ1v) is 12.0. The van der Waals surface area contributed by atoms with E-state index in [1.54, 1.807) is 0 Å². The van der Waals surface area contributed by atoms with Crippen molar-refractivity contribution >= 4 is 11.9 Å². The third kappa shape index (κ3) is 3.83. The Bertz CT molecular complexity index is 1110. The number of nitrogens with zero attached hydrogens (tertiary/aromatic N) is 3. The predicted molar refractivity (Wildman–Crippen MR) is 124 cm³/mol. The molecule has 6 rings (SSSR count). The Hall–Kier alpha value is -3.00. The third-order valence-corrected chi connectivity index (χ3v) is 8.55. The Morgan fingerprint density at radius 1 is 1.12 bits per heavy atom. The Labute approximate surface area is 198 Å². The highest BCUT2D eigenvalue weighted by molar-refractivity contribution is 5.98. The molecule has 1 saturated carbocycles. The molecule has 34 heavy (non-hydrogen) atoms. The molecule has 1 aliphatic heterocycles. The normalized spacial score (nSPS) is 25.3. The zero-order valence-corrected chi connectivity index (χ0v) is 19.7. The minimum absolute atomic E-state index is 0.108. The number of piperidine rings is 1. The number of hydrogen-bond acceptors (Lipinski definition) is 6. The molecular weight excluding hydrogens is 434 g/mol. The molecule has 1 unspecified atom stereocenters. The summed E-state index contributed by atoms with van der Waals surface area (Å²) in [6.07, 6.45) is 5.71. The van der Waals surface area contributed by atoms with E-state index >= 15 is 0 Å². The van der Waals surface area contributed by atoms with Gasteiger partial charge >= 0.3 is 11.9 Å². The number of benzene rings is 1. The van der Waals surface area contributed by atoms with Gasteiger partial charge in [-0.15, -0.1) is 0 Å². The highest BCUT2D eigenvalue weighted by Crippen LogP contribution is 2.59. The first kappa shape index (κ1) is 22.8. The smallest absolute Gasteiger partial charge is 0.321 e. The van der Waals surface area contributed by atoms with Gasteiger partial charge in [0.05, 0.1) is 0 Å². The quantitative estimate of drug-likeness (QED) is 0.465. The van der Waals surface area contributed by atoms with Gasteiger partial charge in [-0.05, 0) is 48.5 Å². The average Bonchev–Trinajstić information content (AvgIpc) is 3.28. The van der Waals surface area contributed by atoms with E-state index in [0.717, 1.165) is 29.9 Å². The molecule has 0 amide bonds. The van der Waals surface area contributed by atoms with Crippen LogP contribution in [0.25, 0.3) is 11.4 Å². The van der Waals surface area contributed by atoms with Crippen molar-refractivity contribution in [3.63, 3.8) is 0 Å². The minimum atomic E-state index is -1.67. The number of hydrogen-bond donors (Lipinski definition) is 2. The number of carboxylic acid groups (broad SMARTS) is 2. The van der Waals surface area contributed by atoms with Crippen molar-refractivity contribution in [2.75, 3.05) is 13.1 Å². The predicted octanol–water partition coefficient (Wildman–Crippen LogP) is 4.02. The van der Waals surface area contributed by atoms with Crippen LogP contribution >= 0.6 is 0 Å². The first-order chi connectivity index (χ1) is 16.2. The molecule has 8 heteroatoms. The molecule has 3 aliphatic carbocycles. The van der Waals surface area contributed by atoms with Crippen LogP contribution in [0.15, 0.2) is 40.4 Å². The van der Waals surface area contributed by atoms with E-state index < -0.39 is 17.4 Å². The van der Waals surface area contributed by atoms with E-state index in [4.69, 9.17) is 4.52 Å². The highest BCUT2D eigenvalue weighted by atomic mass is 16.5. The van der Waals surface area contributed by atoms with Gasteiger partial charge in [0.1, 0.15) is 0 Å². The number of carboxylic acids is 2. The minimum Gasteiger partial charge on any atom is -0.480 e. The second-order valence-corrected chi connectivity index (χ2v) is 10.7. The highest BCUT2D eigenvalue weighted by Gasteiger charge is 2.51. The molecule has 4 aliphatic rings. The lowest BCUT2D eigenvalue weighted by atomic mass is 9.48. The lowest BCUT2D eigenvalue weighted by Gasteiger charge is -2.56. The number of aliphatic carboxylic acids is 2. The summed E-state index contributed by atoms with van der Waals surface area (Å²) in [4.78, 5) is 29.7. The zero-order valence-electron chi connectivity index (χ0n) is 19.7. The number of allylic oxidation sites excluding steroid dienone is 2. The Morgan fingerprint density at radius 3 is 2.38 bits per heavy atom. The van der Waals surface area contributed by atoms with Crippen LogP contribution in [0.3, 0.4) is 0 Å². The monoisotopic (exact) mass is 465 g/mol. The zero-order chi connectivity index (χ0) is 24.1. The van der Waals surface area contributed by atoms with Crippen molar-refractivity contribution in [2.45, 2.75) is 52.5 Å². The Balaban J connectivity index is 1.19. The van der Waals surface area contributed by atoms with E-state index in [-0.39, 0.29) is 12.8 Å². The van der Waals surface area contributed by atoms with Crippen molar-refractivity contribution in [1.29, 1.82) is 0 Å². The summed E-state index contributed by atoms with van der Waals surface area (Å²) < 4.78 is 5.56. The fraction of sp³-hybridized carbons (Fsp3) is 0.538. The van der Waals surface area contributed by atoms with Gasteiger partial charge in [0.15, 0.2) is 5.41 Å². The van der Waals surface area contributed by atoms with Gasteiger partial charge in [-0.2, -0.15) is 4.98 Å². The number of fused-ring (bicyclic) bond motifs is 1. The third-order valence-electron chi connectivity index (χ3n) is 8.55. The Morgan fingerprint density at radius 2 is 1.79 bits per heavy atom. The fourth-order valence-corrected chi connectivity index (χ4v) is 5.92. The van der Waals surface area contributed by atoms with Gasteiger partial charge in [0.2, 0.25) is 11.7 Å². The number of rotatable bonds is 7. The van der Waals surface area contributed by atoms with Crippen LogP contribution in [0.1, 0.15) is 51.0 Å². The van der Waals surface area contributed by atoms with Crippen molar-refractivity contribution in [2.24, 2.45) is 22.7 Å². The molecule has 1 aromatic heterocycles. The molecule has 0 radical (unpaired) electrons. The van der Waals surface area contributed by atoms with Crippen LogP contribution in [0, 0.1) is 22.7 Å². The van der Waals surface area contributed by atoms with Gasteiger partial charge in [0.25, 0.3) is 0 Å². The van der Waals surface area contributed by atoms with Crippen molar-refractivity contribution < 1.29 is 24.3 Å². The van der Waals surface area contributed by atoms with Gasteiger partial charge in [0, 0.05) is 31.6 Å². The summed E-state index contributed by atoms with van der Waals surface area (Å²) in [5.41, 5.74) is 2.09. The van der Waals surface area contributed by atoms with Gasteiger partial charge in [-0.1, -0.05) is 54.9 Å². The average molecular weight is 466 g/mol. The number of aromatic nitrogens is 2. The van der Waals surface area contributed by atoms with E-state index in [1.165, 1.54) is 12.0 Å². The molecule has 2 N–H and O–H groups in total. The van der Waals surface area contributed by atoms with E-state index in [9.17, 15) is 19.8 Å². The molecular formula is C26H31N3O5. The number of likely N-dealkylation sites (tertiary alicyclic amines) is 1. The lowest BCUT2D eigenvalue weighted by Crippen LogP contribution is -2.48. The SMILES string of the molecule is CC1(C)C2C[C@@H]1CC=C2Cc1nc(-c2ccc(CN3CCC(C(=O)O)(C(=O)O)CC3)cc2)no1. The standard InChI is InChI=1S/C26H31N3O5/c1-25(2)19-8-7-18(20(25)14-19)13-21-27-22(28-34-21)17-5-3-16(4-6-17)15-29-11-9-26(10-12-29,23(30)31)24(32)33/h3-7,19-20H,8-15H2,1-2H3,(H,30,31)(H,32,33)/t19-,20?/m0/s1. The second-order valence-electron chi connectivity index (χ2n) is 10.7. The van der Waals surface area contributed by atoms with Crippen molar-refractivity contribution in [1.82, 2.24) is 15.0 Å². The summed E-state index contributed by atoms with van der Waals surface area (Å²) in [7, 11) is 0. The second kappa shape index (κ2) is 8.34. The summed E-state index contributed by atoms with van der Waals surface area (Å²) >= 11 is 0. The molecule has 2 heterocycles.